The highest BCUT2D eigenvalue weighted by atomic mass is 32.1. The molecule has 4 aromatic rings. The zero-order valence-corrected chi connectivity index (χ0v) is 46.5. The summed E-state index contributed by atoms with van der Waals surface area (Å²) in [6, 6.07) is 12.7. The lowest BCUT2D eigenvalue weighted by Crippen LogP contribution is -2.50. The number of hydrogen-bond donors (Lipinski definition) is 3. The average molecular weight is 1060 g/mol. The van der Waals surface area contributed by atoms with Crippen molar-refractivity contribution in [2.24, 2.45) is 0 Å². The van der Waals surface area contributed by atoms with Crippen molar-refractivity contribution in [3.63, 3.8) is 0 Å². The second-order valence-corrected chi connectivity index (χ2v) is 21.3. The molecule has 19 nitrogen and oxygen atoms in total. The molecule has 4 atom stereocenters. The zero-order chi connectivity index (χ0) is 54.0. The first-order valence-electron chi connectivity index (χ1n) is 26.6. The van der Waals surface area contributed by atoms with Crippen LogP contribution in [0.1, 0.15) is 112 Å². The number of ketones is 2. The maximum atomic E-state index is 14.4. The molecule has 2 aromatic heterocycles. The second kappa shape index (κ2) is 28.0. The van der Waals surface area contributed by atoms with Gasteiger partial charge in [-0.3, -0.25) is 24.4 Å². The van der Waals surface area contributed by atoms with Crippen LogP contribution >= 0.6 is 11.7 Å². The molecule has 2 amide bonds. The number of urea groups is 1. The summed E-state index contributed by atoms with van der Waals surface area (Å²) in [4.78, 5) is 62.2. The number of carbonyl (C=O) groups excluding carboxylic acids is 4. The van der Waals surface area contributed by atoms with Gasteiger partial charge < -0.3 is 48.9 Å². The van der Waals surface area contributed by atoms with Crippen molar-refractivity contribution in [2.45, 2.75) is 142 Å². The van der Waals surface area contributed by atoms with Crippen molar-refractivity contribution in [1.29, 1.82) is 0 Å². The lowest BCUT2D eigenvalue weighted by Gasteiger charge is -2.35. The number of benzene rings is 2. The van der Waals surface area contributed by atoms with Crippen molar-refractivity contribution < 1.29 is 47.6 Å². The molecule has 2 saturated heterocycles. The van der Waals surface area contributed by atoms with Crippen LogP contribution in [-0.2, 0) is 46.3 Å². The van der Waals surface area contributed by atoms with Gasteiger partial charge in [-0.1, -0.05) is 32.0 Å². The van der Waals surface area contributed by atoms with Gasteiger partial charge in [-0.05, 0) is 129 Å². The summed E-state index contributed by atoms with van der Waals surface area (Å²) in [5, 5.41) is 13.5. The number of esters is 1. The third kappa shape index (κ3) is 17.5. The van der Waals surface area contributed by atoms with Crippen LogP contribution in [0.15, 0.2) is 54.9 Å². The van der Waals surface area contributed by atoms with Gasteiger partial charge >= 0.3 is 12.0 Å². The predicted molar refractivity (Wildman–Crippen MR) is 290 cm³/mol. The van der Waals surface area contributed by atoms with Crippen molar-refractivity contribution in [3.8, 4) is 22.6 Å². The van der Waals surface area contributed by atoms with Gasteiger partial charge in [-0.2, -0.15) is 13.8 Å². The van der Waals surface area contributed by atoms with Crippen molar-refractivity contribution in [3.05, 3.63) is 66.1 Å². The number of morpholine rings is 1. The number of likely N-dealkylation sites (tertiary alicyclic amines) is 1. The summed E-state index contributed by atoms with van der Waals surface area (Å²) in [5.41, 5.74) is 1.05. The maximum Gasteiger partial charge on any atom is 0.322 e. The fourth-order valence-corrected chi connectivity index (χ4v) is 9.64. The third-order valence-electron chi connectivity index (χ3n) is 14.0. The lowest BCUT2D eigenvalue weighted by atomic mass is 9.91. The molecule has 75 heavy (non-hydrogen) atoms. The first-order valence-corrected chi connectivity index (χ1v) is 27.3. The summed E-state index contributed by atoms with van der Waals surface area (Å²) in [7, 11) is 1.59. The number of H-pyrrole nitrogens is 1. The van der Waals surface area contributed by atoms with E-state index < -0.39 is 35.4 Å². The summed E-state index contributed by atoms with van der Waals surface area (Å²) in [6.45, 7) is 21.6. The molecule has 2 aliphatic heterocycles. The Kier molecular flexibility index (Phi) is 22.0. The molecule has 4 heterocycles. The number of aryl methyl sites for hydroxylation is 1. The number of Topliss-reactive ketones (excluding diaryl/α,β-unsaturated/α-hetero) is 2. The highest BCUT2D eigenvalue weighted by Gasteiger charge is 2.42. The standard InChI is InChI=1S/C55H81N9O10S/c1-10-54(7,48(65)21-22-49(66)73-44(37-56-53(4,5)6)18-20-46-51(61-75-60-46)63-26-29-70-30-27-63)74-39(3)50(67)55(8,11-2)72-32-28-64(38-40-15-14-16-43(33-40)69-9)52(68)59-45-19-17-41(42-35-57-58-36-42)34-47(45)71-31-25-62-23-12-13-24-62/h14-17,19,33-36,39,44,56H,10-13,18,20-32,37-38H2,1-9H3,(H,57,58)(H,59,68)/t39?,44-,54?,55?/m1/s1. The topological polar surface area (TPSA) is 212 Å². The molecular formula is C55H81N9O10S. The quantitative estimate of drug-likeness (QED) is 0.0424. The number of hydrogen-bond acceptors (Lipinski definition) is 17. The first kappa shape index (κ1) is 58.7. The van der Waals surface area contributed by atoms with E-state index in [2.05, 4.69) is 39.4 Å². The van der Waals surface area contributed by atoms with Crippen LogP contribution in [0.25, 0.3) is 11.1 Å². The first-order chi connectivity index (χ1) is 35.9. The van der Waals surface area contributed by atoms with Crippen molar-refractivity contribution in [1.82, 2.24) is 34.1 Å². The Morgan fingerprint density at radius 2 is 1.68 bits per heavy atom. The number of rotatable bonds is 30. The second-order valence-electron chi connectivity index (χ2n) is 20.8. The number of aromatic amines is 1. The monoisotopic (exact) mass is 1060 g/mol. The minimum atomic E-state index is -1.37. The highest BCUT2D eigenvalue weighted by molar-refractivity contribution is 6.99. The minimum absolute atomic E-state index is 0.00681. The van der Waals surface area contributed by atoms with Gasteiger partial charge in [0.1, 0.15) is 41.5 Å². The largest absolute Gasteiger partial charge is 0.497 e. The molecule has 2 aromatic carbocycles. The van der Waals surface area contributed by atoms with E-state index in [9.17, 15) is 19.2 Å². The van der Waals surface area contributed by atoms with E-state index in [4.69, 9.17) is 28.4 Å². The number of methoxy groups -OCH3 is 1. The molecule has 2 fully saturated rings. The molecule has 2 aliphatic rings. The van der Waals surface area contributed by atoms with Gasteiger partial charge in [0.2, 0.25) is 0 Å². The molecule has 0 aliphatic carbocycles. The van der Waals surface area contributed by atoms with E-state index in [-0.39, 0.29) is 56.1 Å². The van der Waals surface area contributed by atoms with Crippen molar-refractivity contribution in [2.75, 3.05) is 89.6 Å². The Labute approximate surface area is 447 Å². The number of nitrogens with zero attached hydrogens (tertiary/aromatic N) is 6. The van der Waals surface area contributed by atoms with Crippen LogP contribution in [0.2, 0.25) is 0 Å². The lowest BCUT2D eigenvalue weighted by molar-refractivity contribution is -0.171. The molecule has 6 rings (SSSR count). The van der Waals surface area contributed by atoms with E-state index in [1.165, 1.54) is 24.6 Å². The normalized spacial score (nSPS) is 16.6. The molecule has 0 bridgehead atoms. The fourth-order valence-electron chi connectivity index (χ4n) is 9.03. The number of nitrogens with one attached hydrogen (secondary N) is 3. The maximum absolute atomic E-state index is 14.4. The summed E-state index contributed by atoms with van der Waals surface area (Å²) in [5.74, 6) is 0.862. The third-order valence-corrected chi connectivity index (χ3v) is 14.6. The van der Waals surface area contributed by atoms with E-state index in [1.807, 2.05) is 77.1 Å². The fraction of sp³-hybridized carbons (Fsp3) is 0.618. The van der Waals surface area contributed by atoms with E-state index in [0.717, 1.165) is 60.9 Å². The van der Waals surface area contributed by atoms with Crippen molar-refractivity contribution >= 4 is 46.8 Å². The van der Waals surface area contributed by atoms with Crippen LogP contribution in [0, 0.1) is 0 Å². The Morgan fingerprint density at radius 3 is 2.37 bits per heavy atom. The molecule has 20 heteroatoms. The molecular weight excluding hydrogens is 979 g/mol. The predicted octanol–water partition coefficient (Wildman–Crippen LogP) is 7.89. The van der Waals surface area contributed by atoms with Crippen LogP contribution in [0.3, 0.4) is 0 Å². The molecule has 3 unspecified atom stereocenters. The van der Waals surface area contributed by atoms with Gasteiger partial charge in [0.25, 0.3) is 0 Å². The summed E-state index contributed by atoms with van der Waals surface area (Å²) in [6.07, 6.45) is 5.73. The Morgan fingerprint density at radius 1 is 0.920 bits per heavy atom. The Balaban J connectivity index is 1.06. The van der Waals surface area contributed by atoms with Crippen LogP contribution in [0.4, 0.5) is 16.3 Å². The Hall–Kier alpha value is -5.51. The van der Waals surface area contributed by atoms with E-state index >= 15 is 0 Å². The number of ether oxygens (including phenoxy) is 6. The average Bonchev–Trinajstić information content (AvgIpc) is 4.24. The van der Waals surface area contributed by atoms with E-state index in [0.29, 0.717) is 62.8 Å². The molecule has 0 saturated carbocycles. The minimum Gasteiger partial charge on any atom is -0.497 e. The van der Waals surface area contributed by atoms with Gasteiger partial charge in [0, 0.05) is 63.0 Å². The van der Waals surface area contributed by atoms with Gasteiger partial charge in [0.15, 0.2) is 17.4 Å². The number of anilines is 2. The Bertz CT molecular complexity index is 2440. The summed E-state index contributed by atoms with van der Waals surface area (Å²) < 4.78 is 45.3. The summed E-state index contributed by atoms with van der Waals surface area (Å²) >= 11 is 1.17. The van der Waals surface area contributed by atoms with Gasteiger partial charge in [-0.15, -0.1) is 0 Å². The number of aromatic nitrogens is 4. The zero-order valence-electron chi connectivity index (χ0n) is 45.7. The van der Waals surface area contributed by atoms with Gasteiger partial charge in [0.05, 0.1) is 62.7 Å². The molecule has 0 spiro atoms. The number of amides is 2. The SMILES string of the molecule is CCC(C)(OC(C)C(=O)C(C)(CC)OCCN(Cc1cccc(OC)c1)C(=O)Nc1ccc(-c2cn[nH]c2)cc1OCCN1CCCC1)C(=O)CCC(=O)O[C@H](CCc1nsnc1N1CCOCC1)CNC(C)(C)C. The smallest absolute Gasteiger partial charge is 0.322 e. The van der Waals surface area contributed by atoms with Crippen LogP contribution < -0.4 is 25.0 Å². The van der Waals surface area contributed by atoms with E-state index in [1.54, 1.807) is 45.2 Å². The molecule has 0 radical (unpaired) electrons. The molecule has 412 valence electrons. The van der Waals surface area contributed by atoms with Crippen LogP contribution in [0.5, 0.6) is 11.5 Å². The number of carbonyl (C=O) groups is 4. The highest BCUT2D eigenvalue weighted by Crippen LogP contribution is 2.32. The van der Waals surface area contributed by atoms with Gasteiger partial charge in [-0.25, -0.2) is 4.79 Å². The van der Waals surface area contributed by atoms with Crippen LogP contribution in [-0.4, -0.2) is 161 Å². The molecule has 3 N–H and O–H groups in total.